The van der Waals surface area contributed by atoms with Crippen molar-refractivity contribution in [1.29, 1.82) is 0 Å². The molecule has 0 aliphatic carbocycles. The van der Waals surface area contributed by atoms with E-state index in [0.717, 1.165) is 46.6 Å². The Morgan fingerprint density at radius 1 is 1.00 bits per heavy atom. The van der Waals surface area contributed by atoms with Crippen LogP contribution in [0.1, 0.15) is 35.1 Å². The van der Waals surface area contributed by atoms with E-state index in [1.165, 1.54) is 0 Å². The summed E-state index contributed by atoms with van der Waals surface area (Å²) in [6.07, 6.45) is 1.84. The largest absolute Gasteiger partial charge is 0.497 e. The van der Waals surface area contributed by atoms with Gasteiger partial charge in [-0.1, -0.05) is 24.3 Å². The van der Waals surface area contributed by atoms with Crippen LogP contribution in [0.2, 0.25) is 0 Å². The van der Waals surface area contributed by atoms with E-state index in [0.29, 0.717) is 19.5 Å². The Morgan fingerprint density at radius 2 is 1.65 bits per heavy atom. The van der Waals surface area contributed by atoms with Crippen molar-refractivity contribution >= 4 is 11.8 Å². The van der Waals surface area contributed by atoms with Crippen LogP contribution in [0.3, 0.4) is 0 Å². The summed E-state index contributed by atoms with van der Waals surface area (Å²) in [5.74, 6) is 1.57. The van der Waals surface area contributed by atoms with Gasteiger partial charge in [-0.25, -0.2) is 0 Å². The lowest BCUT2D eigenvalue weighted by Crippen LogP contribution is -2.48. The molecule has 31 heavy (non-hydrogen) atoms. The van der Waals surface area contributed by atoms with Crippen molar-refractivity contribution in [3.63, 3.8) is 0 Å². The highest BCUT2D eigenvalue weighted by atomic mass is 16.5. The molecule has 1 aliphatic rings. The number of rotatable bonds is 7. The average molecular weight is 425 g/mol. The summed E-state index contributed by atoms with van der Waals surface area (Å²) in [6.45, 7) is 7.34. The van der Waals surface area contributed by atoms with Gasteiger partial charge >= 0.3 is 0 Å². The minimum Gasteiger partial charge on any atom is -0.497 e. The molecule has 1 aliphatic heterocycles. The van der Waals surface area contributed by atoms with E-state index in [1.807, 2.05) is 56.0 Å². The van der Waals surface area contributed by atoms with Crippen molar-refractivity contribution in [1.82, 2.24) is 10.2 Å². The molecule has 1 fully saturated rings. The normalized spacial score (nSPS) is 14.3. The van der Waals surface area contributed by atoms with Crippen molar-refractivity contribution in [2.24, 2.45) is 0 Å². The second-order valence-electron chi connectivity index (χ2n) is 8.19. The van der Waals surface area contributed by atoms with Gasteiger partial charge < -0.3 is 19.7 Å². The molecular formula is C25H32N2O4. The van der Waals surface area contributed by atoms with Crippen molar-refractivity contribution < 1.29 is 19.1 Å². The van der Waals surface area contributed by atoms with E-state index in [2.05, 4.69) is 11.4 Å². The van der Waals surface area contributed by atoms with Crippen LogP contribution in [-0.4, -0.2) is 49.6 Å². The maximum Gasteiger partial charge on any atom is 0.260 e. The maximum atomic E-state index is 12.6. The zero-order valence-corrected chi connectivity index (χ0v) is 18.9. The van der Waals surface area contributed by atoms with Crippen LogP contribution in [-0.2, 0) is 16.0 Å². The van der Waals surface area contributed by atoms with Gasteiger partial charge in [0.2, 0.25) is 5.91 Å². The number of methoxy groups -OCH3 is 1. The predicted octanol–water partition coefficient (Wildman–Crippen LogP) is 3.35. The van der Waals surface area contributed by atoms with E-state index >= 15 is 0 Å². The quantitative estimate of drug-likeness (QED) is 0.740. The average Bonchev–Trinajstić information content (AvgIpc) is 2.77. The molecule has 2 aromatic rings. The first kappa shape index (κ1) is 22.7. The molecule has 0 atom stereocenters. The van der Waals surface area contributed by atoms with Crippen LogP contribution >= 0.6 is 0 Å². The van der Waals surface area contributed by atoms with Gasteiger partial charge in [0.15, 0.2) is 6.61 Å². The van der Waals surface area contributed by atoms with Crippen LogP contribution in [0, 0.1) is 20.8 Å². The molecule has 6 nitrogen and oxygen atoms in total. The summed E-state index contributed by atoms with van der Waals surface area (Å²) in [6, 6.07) is 11.7. The lowest BCUT2D eigenvalue weighted by Gasteiger charge is -2.32. The molecule has 0 unspecified atom stereocenters. The van der Waals surface area contributed by atoms with Gasteiger partial charge in [-0.15, -0.1) is 0 Å². The molecule has 166 valence electrons. The van der Waals surface area contributed by atoms with Crippen LogP contribution in [0.4, 0.5) is 0 Å². The molecule has 6 heteroatoms. The first-order valence-corrected chi connectivity index (χ1v) is 10.8. The van der Waals surface area contributed by atoms with Gasteiger partial charge in [0, 0.05) is 19.1 Å². The Balaban J connectivity index is 1.43. The number of carbonyl (C=O) groups excluding carboxylic acids is 2. The number of hydrogen-bond donors (Lipinski definition) is 1. The summed E-state index contributed by atoms with van der Waals surface area (Å²) in [4.78, 5) is 26.8. The molecule has 0 saturated carbocycles. The van der Waals surface area contributed by atoms with Gasteiger partial charge in [-0.2, -0.15) is 0 Å². The van der Waals surface area contributed by atoms with Crippen LogP contribution in [0.5, 0.6) is 11.5 Å². The van der Waals surface area contributed by atoms with Crippen molar-refractivity contribution in [3.8, 4) is 11.5 Å². The summed E-state index contributed by atoms with van der Waals surface area (Å²) in [5.41, 5.74) is 4.21. The number of nitrogens with one attached hydrogen (secondary N) is 1. The first-order valence-electron chi connectivity index (χ1n) is 10.8. The number of benzene rings is 2. The highest BCUT2D eigenvalue weighted by Crippen LogP contribution is 2.25. The molecule has 0 spiro atoms. The molecule has 0 radical (unpaired) electrons. The third-order valence-electron chi connectivity index (χ3n) is 5.95. The molecule has 2 amide bonds. The number of nitrogens with zero attached hydrogens (tertiary/aromatic N) is 1. The molecule has 3 rings (SSSR count). The Morgan fingerprint density at radius 3 is 2.29 bits per heavy atom. The van der Waals surface area contributed by atoms with E-state index in [1.54, 1.807) is 7.11 Å². The number of likely N-dealkylation sites (tertiary alicyclic amines) is 1. The summed E-state index contributed by atoms with van der Waals surface area (Å²) >= 11 is 0. The fourth-order valence-electron chi connectivity index (χ4n) is 3.85. The third kappa shape index (κ3) is 6.00. The molecule has 1 N–H and O–H groups in total. The second-order valence-corrected chi connectivity index (χ2v) is 8.19. The van der Waals surface area contributed by atoms with Crippen LogP contribution in [0.25, 0.3) is 0 Å². The Hall–Kier alpha value is -3.02. The lowest BCUT2D eigenvalue weighted by molar-refractivity contribution is -0.134. The van der Waals surface area contributed by atoms with Gasteiger partial charge in [0.25, 0.3) is 5.91 Å². The Bertz CT molecular complexity index is 916. The fraction of sp³-hybridized carbons (Fsp3) is 0.440. The minimum absolute atomic E-state index is 0.00340. The van der Waals surface area contributed by atoms with E-state index < -0.39 is 0 Å². The molecule has 2 aromatic carbocycles. The fourth-order valence-corrected chi connectivity index (χ4v) is 3.85. The lowest BCUT2D eigenvalue weighted by atomic mass is 10.0. The summed E-state index contributed by atoms with van der Waals surface area (Å²) in [7, 11) is 1.62. The molecular weight excluding hydrogens is 392 g/mol. The third-order valence-corrected chi connectivity index (χ3v) is 5.95. The SMILES string of the molecule is COc1ccc(CC(=O)NC2CCN(C(=O)COc3c(C)ccc(C)c3C)CC2)cc1. The zero-order valence-electron chi connectivity index (χ0n) is 18.9. The smallest absolute Gasteiger partial charge is 0.260 e. The van der Waals surface area contributed by atoms with E-state index in [4.69, 9.17) is 9.47 Å². The minimum atomic E-state index is -0.0108. The first-order chi connectivity index (χ1) is 14.9. The van der Waals surface area contributed by atoms with Crippen LogP contribution in [0.15, 0.2) is 36.4 Å². The van der Waals surface area contributed by atoms with Gasteiger partial charge in [0.1, 0.15) is 11.5 Å². The van der Waals surface area contributed by atoms with E-state index in [9.17, 15) is 9.59 Å². The number of amides is 2. The molecule has 0 aromatic heterocycles. The van der Waals surface area contributed by atoms with Gasteiger partial charge in [0.05, 0.1) is 13.5 Å². The second kappa shape index (κ2) is 10.3. The standard InChI is InChI=1S/C25H32N2O4/c1-17-5-6-18(2)25(19(17)3)31-16-24(29)27-13-11-21(12-14-27)26-23(28)15-20-7-9-22(30-4)10-8-20/h5-10,21H,11-16H2,1-4H3,(H,26,28). The molecule has 1 heterocycles. The molecule has 1 saturated heterocycles. The monoisotopic (exact) mass is 424 g/mol. The summed E-state index contributed by atoms with van der Waals surface area (Å²) < 4.78 is 11.0. The predicted molar refractivity (Wildman–Crippen MR) is 121 cm³/mol. The van der Waals surface area contributed by atoms with Gasteiger partial charge in [-0.3, -0.25) is 9.59 Å². The Kier molecular flexibility index (Phi) is 7.55. The number of ether oxygens (including phenoxy) is 2. The maximum absolute atomic E-state index is 12.6. The summed E-state index contributed by atoms with van der Waals surface area (Å²) in [5, 5.41) is 3.10. The van der Waals surface area contributed by atoms with Gasteiger partial charge in [-0.05, 0) is 68.0 Å². The number of aryl methyl sites for hydroxylation is 2. The Labute approximate surface area is 184 Å². The highest BCUT2D eigenvalue weighted by molar-refractivity contribution is 5.79. The topological polar surface area (TPSA) is 67.9 Å². The zero-order chi connectivity index (χ0) is 22.4. The van der Waals surface area contributed by atoms with E-state index in [-0.39, 0.29) is 24.5 Å². The van der Waals surface area contributed by atoms with Crippen LogP contribution < -0.4 is 14.8 Å². The van der Waals surface area contributed by atoms with Crippen molar-refractivity contribution in [2.75, 3.05) is 26.8 Å². The number of piperidine rings is 1. The number of hydrogen-bond acceptors (Lipinski definition) is 4. The van der Waals surface area contributed by atoms with Crippen molar-refractivity contribution in [2.45, 2.75) is 46.1 Å². The number of carbonyl (C=O) groups is 2. The van der Waals surface area contributed by atoms with Crippen molar-refractivity contribution in [3.05, 3.63) is 58.7 Å². The molecule has 0 bridgehead atoms. The highest BCUT2D eigenvalue weighted by Gasteiger charge is 2.24.